The van der Waals surface area contributed by atoms with Gasteiger partial charge in [0.15, 0.2) is 0 Å². The Morgan fingerprint density at radius 3 is 2.71 bits per heavy atom. The second-order valence-electron chi connectivity index (χ2n) is 10.2. The largest absolute Gasteiger partial charge is 0.353 e. The van der Waals surface area contributed by atoms with E-state index >= 15 is 0 Å². The number of benzene rings is 1. The summed E-state index contributed by atoms with van der Waals surface area (Å²) >= 11 is 6.05. The molecular weight excluding hydrogens is 454 g/mol. The number of hydrogen-bond donors (Lipinski definition) is 4. The fraction of sp³-hybridized carbons (Fsp3) is 0.640. The molecule has 2 heterocycles. The van der Waals surface area contributed by atoms with Crippen LogP contribution in [0.3, 0.4) is 0 Å². The highest BCUT2D eigenvalue weighted by Gasteiger charge is 2.37. The van der Waals surface area contributed by atoms with Gasteiger partial charge < -0.3 is 15.6 Å². The van der Waals surface area contributed by atoms with Gasteiger partial charge in [-0.3, -0.25) is 19.5 Å². The highest BCUT2D eigenvalue weighted by Crippen LogP contribution is 2.31. The Bertz CT molecular complexity index is 1100. The van der Waals surface area contributed by atoms with E-state index in [9.17, 15) is 14.4 Å². The van der Waals surface area contributed by atoms with Crippen LogP contribution in [0.15, 0.2) is 23.0 Å². The van der Waals surface area contributed by atoms with Gasteiger partial charge in [0.1, 0.15) is 0 Å². The molecule has 0 bridgehead atoms. The Hall–Kier alpha value is -2.32. The molecule has 4 N–H and O–H groups in total. The van der Waals surface area contributed by atoms with E-state index < -0.39 is 0 Å². The van der Waals surface area contributed by atoms with Crippen molar-refractivity contribution in [3.63, 3.8) is 0 Å². The van der Waals surface area contributed by atoms with Crippen molar-refractivity contribution in [1.82, 2.24) is 25.5 Å². The molecule has 3 atom stereocenters. The normalized spacial score (nSPS) is 29.4. The van der Waals surface area contributed by atoms with Crippen LogP contribution in [0.2, 0.25) is 5.02 Å². The molecule has 3 fully saturated rings. The molecule has 1 saturated heterocycles. The zero-order valence-corrected chi connectivity index (χ0v) is 20.2. The monoisotopic (exact) mass is 487 g/mol. The number of fused-ring (bicyclic) bond motifs is 2. The molecule has 8 nitrogen and oxygen atoms in total. The first-order chi connectivity index (χ1) is 16.5. The Morgan fingerprint density at radius 1 is 1.09 bits per heavy atom. The molecule has 3 aliphatic rings. The molecule has 5 rings (SSSR count). The fourth-order valence-electron chi connectivity index (χ4n) is 6.09. The van der Waals surface area contributed by atoms with Gasteiger partial charge in [0.05, 0.1) is 23.1 Å². The highest BCUT2D eigenvalue weighted by atomic mass is 35.5. The molecule has 0 radical (unpaired) electrons. The SMILES string of the molecule is O=C(CCCC1NC(=O)C2CCCCC2N1)NC1CCC(n2c(=O)[nH]c3cc(Cl)ccc32)CC1. The number of imidazole rings is 1. The second kappa shape index (κ2) is 10.1. The van der Waals surface area contributed by atoms with Crippen LogP contribution in [0.5, 0.6) is 0 Å². The maximum absolute atomic E-state index is 12.5. The number of carbonyl (C=O) groups excluding carboxylic acids is 2. The minimum Gasteiger partial charge on any atom is -0.353 e. The quantitative estimate of drug-likeness (QED) is 0.501. The zero-order valence-electron chi connectivity index (χ0n) is 19.4. The van der Waals surface area contributed by atoms with Gasteiger partial charge in [0.25, 0.3) is 0 Å². The van der Waals surface area contributed by atoms with Crippen LogP contribution >= 0.6 is 11.6 Å². The maximum atomic E-state index is 12.5. The topological polar surface area (TPSA) is 108 Å². The zero-order chi connectivity index (χ0) is 23.7. The van der Waals surface area contributed by atoms with Crippen LogP contribution in [-0.2, 0) is 9.59 Å². The summed E-state index contributed by atoms with van der Waals surface area (Å²) < 4.78 is 1.84. The van der Waals surface area contributed by atoms with Gasteiger partial charge in [-0.2, -0.15) is 0 Å². The van der Waals surface area contributed by atoms with E-state index in [1.54, 1.807) is 12.1 Å². The predicted molar refractivity (Wildman–Crippen MR) is 132 cm³/mol. The number of H-pyrrole nitrogens is 1. The van der Waals surface area contributed by atoms with Crippen molar-refractivity contribution >= 4 is 34.4 Å². The summed E-state index contributed by atoms with van der Waals surface area (Å²) in [4.78, 5) is 40.3. The Balaban J connectivity index is 1.06. The molecule has 9 heteroatoms. The lowest BCUT2D eigenvalue weighted by Crippen LogP contribution is -2.62. The van der Waals surface area contributed by atoms with Gasteiger partial charge in [-0.15, -0.1) is 0 Å². The molecule has 1 aromatic heterocycles. The molecule has 2 aromatic rings. The molecule has 2 amide bonds. The number of rotatable bonds is 6. The number of amides is 2. The Labute approximate surface area is 204 Å². The van der Waals surface area contributed by atoms with E-state index in [2.05, 4.69) is 20.9 Å². The maximum Gasteiger partial charge on any atom is 0.326 e. The lowest BCUT2D eigenvalue weighted by molar-refractivity contribution is -0.130. The molecule has 2 aliphatic carbocycles. The van der Waals surface area contributed by atoms with Crippen molar-refractivity contribution in [3.8, 4) is 0 Å². The highest BCUT2D eigenvalue weighted by molar-refractivity contribution is 6.31. The summed E-state index contributed by atoms with van der Waals surface area (Å²) in [5.41, 5.74) is 1.54. The second-order valence-corrected chi connectivity index (χ2v) is 10.6. The number of hydrogen-bond acceptors (Lipinski definition) is 4. The summed E-state index contributed by atoms with van der Waals surface area (Å²) in [6.45, 7) is 0. The summed E-state index contributed by atoms with van der Waals surface area (Å²) in [5.74, 6) is 0.355. The minimum atomic E-state index is -0.104. The first-order valence-electron chi connectivity index (χ1n) is 12.7. The minimum absolute atomic E-state index is 0.0283. The van der Waals surface area contributed by atoms with Crippen LogP contribution in [0.4, 0.5) is 0 Å². The number of nitrogens with one attached hydrogen (secondary N) is 4. The van der Waals surface area contributed by atoms with E-state index in [4.69, 9.17) is 11.6 Å². The van der Waals surface area contributed by atoms with E-state index in [1.165, 1.54) is 6.42 Å². The van der Waals surface area contributed by atoms with Gasteiger partial charge in [0, 0.05) is 29.6 Å². The lowest BCUT2D eigenvalue weighted by Gasteiger charge is -2.40. The molecule has 3 unspecified atom stereocenters. The van der Waals surface area contributed by atoms with Crippen molar-refractivity contribution in [3.05, 3.63) is 33.7 Å². The van der Waals surface area contributed by atoms with E-state index in [0.717, 1.165) is 68.8 Å². The van der Waals surface area contributed by atoms with Gasteiger partial charge in [-0.05, 0) is 69.6 Å². The number of carbonyl (C=O) groups is 2. The number of aromatic amines is 1. The molecule has 1 aromatic carbocycles. The molecule has 2 saturated carbocycles. The smallest absolute Gasteiger partial charge is 0.326 e. The van der Waals surface area contributed by atoms with Crippen LogP contribution < -0.4 is 21.6 Å². The third-order valence-electron chi connectivity index (χ3n) is 7.84. The molecular formula is C25H34ClN5O3. The van der Waals surface area contributed by atoms with Crippen molar-refractivity contribution in [2.45, 2.75) is 94.9 Å². The van der Waals surface area contributed by atoms with Crippen LogP contribution in [0.1, 0.15) is 76.7 Å². The van der Waals surface area contributed by atoms with Gasteiger partial charge in [0.2, 0.25) is 11.8 Å². The summed E-state index contributed by atoms with van der Waals surface area (Å²) in [6.07, 6.45) is 9.70. The van der Waals surface area contributed by atoms with E-state index in [1.807, 2.05) is 10.6 Å². The third kappa shape index (κ3) is 5.03. The van der Waals surface area contributed by atoms with E-state index in [-0.39, 0.29) is 47.7 Å². The van der Waals surface area contributed by atoms with Gasteiger partial charge in [-0.25, -0.2) is 4.79 Å². The number of halogens is 1. The van der Waals surface area contributed by atoms with Crippen LogP contribution in [-0.4, -0.2) is 39.6 Å². The van der Waals surface area contributed by atoms with Crippen LogP contribution in [0, 0.1) is 5.92 Å². The Kier molecular flexibility index (Phi) is 6.97. The number of nitrogens with zero attached hydrogens (tertiary/aromatic N) is 1. The Morgan fingerprint density at radius 2 is 1.88 bits per heavy atom. The van der Waals surface area contributed by atoms with Crippen molar-refractivity contribution in [2.75, 3.05) is 0 Å². The number of aromatic nitrogens is 2. The summed E-state index contributed by atoms with van der Waals surface area (Å²) in [6, 6.07) is 6.04. The van der Waals surface area contributed by atoms with Crippen molar-refractivity contribution < 1.29 is 9.59 Å². The first kappa shape index (κ1) is 23.4. The molecule has 184 valence electrons. The molecule has 0 spiro atoms. The third-order valence-corrected chi connectivity index (χ3v) is 8.07. The first-order valence-corrected chi connectivity index (χ1v) is 13.1. The molecule has 1 aliphatic heterocycles. The average molecular weight is 488 g/mol. The van der Waals surface area contributed by atoms with Crippen LogP contribution in [0.25, 0.3) is 11.0 Å². The summed E-state index contributed by atoms with van der Waals surface area (Å²) in [7, 11) is 0. The lowest BCUT2D eigenvalue weighted by atomic mass is 9.82. The average Bonchev–Trinajstić information content (AvgIpc) is 3.14. The van der Waals surface area contributed by atoms with Crippen molar-refractivity contribution in [1.29, 1.82) is 0 Å². The van der Waals surface area contributed by atoms with Gasteiger partial charge in [-0.1, -0.05) is 24.4 Å². The van der Waals surface area contributed by atoms with E-state index in [0.29, 0.717) is 11.4 Å². The van der Waals surface area contributed by atoms with Crippen molar-refractivity contribution in [2.24, 2.45) is 5.92 Å². The fourth-order valence-corrected chi connectivity index (χ4v) is 6.26. The van der Waals surface area contributed by atoms with Gasteiger partial charge >= 0.3 is 5.69 Å². The predicted octanol–water partition coefficient (Wildman–Crippen LogP) is 3.36. The molecule has 34 heavy (non-hydrogen) atoms. The summed E-state index contributed by atoms with van der Waals surface area (Å²) in [5, 5.41) is 10.4. The standard InChI is InChI=1S/C25H34ClN5O3/c26-15-8-13-21-20(14-15)29-25(34)31(21)17-11-9-16(10-12-17)27-23(32)7-3-6-22-28-19-5-2-1-4-18(19)24(33)30-22/h8,13-14,16-19,22,28H,1-7,9-12H2,(H,27,32)(H,29,34)(H,30,33).